The summed E-state index contributed by atoms with van der Waals surface area (Å²) in [5.74, 6) is 0. The molecule has 194 valence electrons. The molecule has 0 aromatic rings. The van der Waals surface area contributed by atoms with Crippen LogP contribution in [0.5, 0.6) is 0 Å². The van der Waals surface area contributed by atoms with Gasteiger partial charge in [-0.15, -0.1) is 0 Å². The van der Waals surface area contributed by atoms with Crippen LogP contribution in [0.3, 0.4) is 0 Å². The Labute approximate surface area is 204 Å². The van der Waals surface area contributed by atoms with Crippen LogP contribution in [0.2, 0.25) is 36.3 Å². The van der Waals surface area contributed by atoms with Gasteiger partial charge in [0.1, 0.15) is 0 Å². The van der Waals surface area contributed by atoms with Crippen LogP contribution >= 0.6 is 0 Å². The summed E-state index contributed by atoms with van der Waals surface area (Å²) < 4.78 is 14.0. The van der Waals surface area contributed by atoms with Crippen molar-refractivity contribution in [1.29, 1.82) is 0 Å². The van der Waals surface area contributed by atoms with Crippen molar-refractivity contribution in [3.8, 4) is 0 Å². The number of hydrogen-bond donors (Lipinski definition) is 1. The second-order valence-electron chi connectivity index (χ2n) is 13.0. The molecule has 0 bridgehead atoms. The Bertz CT molecular complexity index is 478. The van der Waals surface area contributed by atoms with E-state index in [1.165, 1.54) is 51.4 Å². The zero-order chi connectivity index (χ0) is 25.1. The summed E-state index contributed by atoms with van der Waals surface area (Å²) in [4.78, 5) is 0. The Hall–Kier alpha value is 0.314. The number of aliphatic hydroxyl groups is 1. The van der Waals surface area contributed by atoms with Gasteiger partial charge in [-0.3, -0.25) is 0 Å². The van der Waals surface area contributed by atoms with Crippen LogP contribution in [-0.2, 0) is 8.85 Å². The zero-order valence-electron chi connectivity index (χ0n) is 23.9. The first-order chi connectivity index (χ1) is 14.6. The third-order valence-electron chi connectivity index (χ3n) is 7.91. The molecule has 0 heterocycles. The average molecular weight is 489 g/mol. The van der Waals surface area contributed by atoms with E-state index in [0.717, 1.165) is 19.3 Å². The summed E-state index contributed by atoms with van der Waals surface area (Å²) in [6.45, 7) is 25.8. The van der Waals surface area contributed by atoms with Crippen LogP contribution in [0.4, 0.5) is 0 Å². The van der Waals surface area contributed by atoms with Gasteiger partial charge in [-0.05, 0) is 55.5 Å². The van der Waals surface area contributed by atoms with Gasteiger partial charge in [0.25, 0.3) is 0 Å². The van der Waals surface area contributed by atoms with Crippen molar-refractivity contribution in [3.05, 3.63) is 0 Å². The second-order valence-corrected chi connectivity index (χ2v) is 22.5. The third-order valence-corrected chi connectivity index (χ3v) is 16.9. The van der Waals surface area contributed by atoms with Gasteiger partial charge in [0.15, 0.2) is 16.6 Å². The Morgan fingerprint density at radius 2 is 0.938 bits per heavy atom. The van der Waals surface area contributed by atoms with Gasteiger partial charge >= 0.3 is 0 Å². The highest BCUT2D eigenvalue weighted by atomic mass is 28.4. The third kappa shape index (κ3) is 12.1. The summed E-state index contributed by atoms with van der Waals surface area (Å²) >= 11 is 0. The lowest BCUT2D eigenvalue weighted by atomic mass is 10.0. The van der Waals surface area contributed by atoms with Gasteiger partial charge in [0.05, 0.1) is 12.2 Å². The van der Waals surface area contributed by atoms with Gasteiger partial charge in [0, 0.05) is 6.61 Å². The van der Waals surface area contributed by atoms with Gasteiger partial charge < -0.3 is 14.0 Å². The molecule has 0 spiro atoms. The molecule has 0 rings (SSSR count). The molecule has 0 saturated heterocycles. The first-order valence-corrected chi connectivity index (χ1v) is 19.4. The number of rotatable bonds is 17. The molecule has 0 saturated carbocycles. The lowest BCUT2D eigenvalue weighted by molar-refractivity contribution is 0.0203. The highest BCUT2D eigenvalue weighted by Crippen LogP contribution is 2.41. The molecule has 3 nitrogen and oxygen atoms in total. The molecule has 0 amide bonds. The average Bonchev–Trinajstić information content (AvgIpc) is 2.64. The van der Waals surface area contributed by atoms with Crippen LogP contribution in [-0.4, -0.2) is 40.6 Å². The van der Waals surface area contributed by atoms with E-state index in [1.807, 2.05) is 0 Å². The van der Waals surface area contributed by atoms with E-state index >= 15 is 0 Å². The monoisotopic (exact) mass is 488 g/mol. The van der Waals surface area contributed by atoms with Crippen LogP contribution in [0.25, 0.3) is 0 Å². The molecule has 2 atom stereocenters. The topological polar surface area (TPSA) is 38.7 Å². The van der Waals surface area contributed by atoms with E-state index < -0.39 is 16.6 Å². The maximum absolute atomic E-state index is 9.58. The van der Waals surface area contributed by atoms with Crippen LogP contribution in [0, 0.1) is 0 Å². The molecule has 0 radical (unpaired) electrons. The minimum atomic E-state index is -1.92. The Balaban J connectivity index is 5.34. The molecule has 0 aromatic heterocycles. The lowest BCUT2D eigenvalue weighted by Gasteiger charge is -2.45. The Morgan fingerprint density at radius 1 is 0.594 bits per heavy atom. The van der Waals surface area contributed by atoms with Gasteiger partial charge in [-0.2, -0.15) is 0 Å². The predicted octanol–water partition coefficient (Wildman–Crippen LogP) is 9.07. The highest BCUT2D eigenvalue weighted by Gasteiger charge is 2.44. The van der Waals surface area contributed by atoms with E-state index in [1.54, 1.807) is 0 Å². The van der Waals surface area contributed by atoms with Crippen molar-refractivity contribution in [2.75, 3.05) is 6.61 Å². The summed E-state index contributed by atoms with van der Waals surface area (Å²) in [5.41, 5.74) is 0. The maximum Gasteiger partial charge on any atom is 0.192 e. The molecule has 0 aliphatic rings. The van der Waals surface area contributed by atoms with Crippen molar-refractivity contribution >= 4 is 16.6 Å². The smallest absolute Gasteiger partial charge is 0.192 e. The van der Waals surface area contributed by atoms with Crippen molar-refractivity contribution in [1.82, 2.24) is 0 Å². The van der Waals surface area contributed by atoms with Crippen molar-refractivity contribution < 1.29 is 14.0 Å². The minimum absolute atomic E-state index is 0.0849. The normalized spacial score (nSPS) is 15.8. The molecule has 0 fully saturated rings. The van der Waals surface area contributed by atoms with Gasteiger partial charge in [-0.25, -0.2) is 0 Å². The van der Waals surface area contributed by atoms with Crippen molar-refractivity contribution in [3.63, 3.8) is 0 Å². The molecule has 1 N–H and O–H groups in total. The van der Waals surface area contributed by atoms with Crippen LogP contribution in [0.15, 0.2) is 0 Å². The van der Waals surface area contributed by atoms with E-state index in [-0.39, 0.29) is 28.9 Å². The number of aliphatic hydroxyl groups excluding tert-OH is 1. The fourth-order valence-corrected chi connectivity index (χ4v) is 6.28. The first kappa shape index (κ1) is 32.3. The van der Waals surface area contributed by atoms with Crippen molar-refractivity contribution in [2.24, 2.45) is 0 Å². The largest absolute Gasteiger partial charge is 0.411 e. The summed E-state index contributed by atoms with van der Waals surface area (Å²) in [5, 5.41) is 9.93. The highest BCUT2D eigenvalue weighted by molar-refractivity contribution is 6.74. The first-order valence-electron chi connectivity index (χ1n) is 13.6. The second kappa shape index (κ2) is 14.7. The molecule has 32 heavy (non-hydrogen) atoms. The fraction of sp³-hybridized carbons (Fsp3) is 1.00. The molecule has 5 heteroatoms. The maximum atomic E-state index is 9.58. The fourth-order valence-electron chi connectivity index (χ4n) is 3.52. The number of unbranched alkanes of at least 4 members (excludes halogenated alkanes) is 7. The summed E-state index contributed by atoms with van der Waals surface area (Å²) in [6.07, 6.45) is 13.6. The van der Waals surface area contributed by atoms with E-state index in [2.05, 4.69) is 74.7 Å². The van der Waals surface area contributed by atoms with Gasteiger partial charge in [-0.1, -0.05) is 99.8 Å². The zero-order valence-corrected chi connectivity index (χ0v) is 25.9. The summed E-state index contributed by atoms with van der Waals surface area (Å²) in [6, 6.07) is 0. The summed E-state index contributed by atoms with van der Waals surface area (Å²) in [7, 11) is -3.83. The SMILES string of the molecule is CCCCCCCCCC[C@H](O[Si](C)(C)C(C)(C)C)[C@H](CCCO)O[Si](C)(C)C(C)(C)C. The van der Waals surface area contributed by atoms with E-state index in [9.17, 15) is 5.11 Å². The molecule has 0 aliphatic carbocycles. The van der Waals surface area contributed by atoms with E-state index in [4.69, 9.17) is 8.85 Å². The molecular formula is C27H60O3Si2. The molecular weight excluding hydrogens is 428 g/mol. The molecule has 0 aromatic carbocycles. The quantitative estimate of drug-likeness (QED) is 0.164. The molecule has 0 aliphatic heterocycles. The standard InChI is InChI=1S/C27H60O3Si2/c1-12-13-14-15-16-17-18-19-21-24(29-31(8,9)26(2,3)4)25(22-20-23-28)30-32(10,11)27(5,6)7/h24-25,28H,12-23H2,1-11H3/t24-,25-/m0/s1. The minimum Gasteiger partial charge on any atom is -0.411 e. The number of hydrogen-bond acceptors (Lipinski definition) is 3. The van der Waals surface area contributed by atoms with Crippen LogP contribution in [0.1, 0.15) is 119 Å². The molecule has 0 unspecified atom stereocenters. The lowest BCUT2D eigenvalue weighted by Crippen LogP contribution is -2.52. The van der Waals surface area contributed by atoms with Crippen molar-refractivity contribution in [2.45, 2.75) is 168 Å². The Morgan fingerprint density at radius 3 is 1.28 bits per heavy atom. The van der Waals surface area contributed by atoms with Crippen LogP contribution < -0.4 is 0 Å². The predicted molar refractivity (Wildman–Crippen MR) is 148 cm³/mol. The van der Waals surface area contributed by atoms with E-state index in [0.29, 0.717) is 0 Å². The Kier molecular flexibility index (Phi) is 14.8. The van der Waals surface area contributed by atoms with Gasteiger partial charge in [0.2, 0.25) is 0 Å².